The quantitative estimate of drug-likeness (QED) is 0.707. The van der Waals surface area contributed by atoms with Crippen LogP contribution in [0, 0.1) is 0 Å². The van der Waals surface area contributed by atoms with E-state index in [4.69, 9.17) is 0 Å². The molecule has 1 rings (SSSR count). The molecule has 0 bridgehead atoms. The van der Waals surface area contributed by atoms with Crippen LogP contribution in [0.4, 0.5) is 13.2 Å². The second kappa shape index (κ2) is 7.11. The fraction of sp³-hybridized carbons (Fsp3) is 1.00. The standard InChI is InChI=1S/C10H17BrF3NS/c11-5-4-9-3-1-2-6-15(9)7-8-16-10(12,13)14/h9H,1-8H2. The normalized spacial score (nSPS) is 23.6. The molecular weight excluding hydrogens is 303 g/mol. The first kappa shape index (κ1) is 14.6. The molecule has 0 amide bonds. The van der Waals surface area contributed by atoms with Crippen LogP contribution in [0.25, 0.3) is 0 Å². The predicted octanol–water partition coefficient (Wildman–Crippen LogP) is 3.88. The van der Waals surface area contributed by atoms with Crippen LogP contribution in [-0.2, 0) is 0 Å². The molecule has 0 saturated carbocycles. The Morgan fingerprint density at radius 3 is 2.69 bits per heavy atom. The van der Waals surface area contributed by atoms with E-state index >= 15 is 0 Å². The van der Waals surface area contributed by atoms with Crippen molar-refractivity contribution in [2.45, 2.75) is 37.2 Å². The average molecular weight is 320 g/mol. The molecule has 1 unspecified atom stereocenters. The maximum Gasteiger partial charge on any atom is 0.441 e. The van der Waals surface area contributed by atoms with Gasteiger partial charge in [0.2, 0.25) is 0 Å². The summed E-state index contributed by atoms with van der Waals surface area (Å²) >= 11 is 3.49. The summed E-state index contributed by atoms with van der Waals surface area (Å²) in [5.74, 6) is 0.155. The molecule has 1 heterocycles. The maximum absolute atomic E-state index is 12.0. The lowest BCUT2D eigenvalue weighted by Crippen LogP contribution is -2.41. The van der Waals surface area contributed by atoms with E-state index in [1.807, 2.05) is 0 Å². The summed E-state index contributed by atoms with van der Waals surface area (Å²) < 4.78 is 36.0. The first-order valence-corrected chi connectivity index (χ1v) is 7.64. The second-order valence-corrected chi connectivity index (χ2v) is 5.91. The molecule has 1 atom stereocenters. The maximum atomic E-state index is 12.0. The summed E-state index contributed by atoms with van der Waals surface area (Å²) in [6, 6.07) is 0.474. The molecular formula is C10H17BrF3NS. The molecule has 1 aliphatic heterocycles. The minimum absolute atomic E-state index is 0.0940. The monoisotopic (exact) mass is 319 g/mol. The van der Waals surface area contributed by atoms with Gasteiger partial charge in [-0.25, -0.2) is 0 Å². The van der Waals surface area contributed by atoms with Crippen LogP contribution >= 0.6 is 27.7 Å². The van der Waals surface area contributed by atoms with Gasteiger partial charge in [0.15, 0.2) is 0 Å². The van der Waals surface area contributed by atoms with Gasteiger partial charge in [-0.3, -0.25) is 4.90 Å². The van der Waals surface area contributed by atoms with E-state index in [0.717, 1.165) is 31.1 Å². The Labute approximate surface area is 107 Å². The third kappa shape index (κ3) is 5.77. The summed E-state index contributed by atoms with van der Waals surface area (Å²) in [6.07, 6.45) is 4.50. The van der Waals surface area contributed by atoms with Crippen LogP contribution in [0.15, 0.2) is 0 Å². The van der Waals surface area contributed by atoms with Crippen molar-refractivity contribution in [2.24, 2.45) is 0 Å². The Balaban J connectivity index is 2.27. The third-order valence-corrected chi connectivity index (χ3v) is 4.01. The van der Waals surface area contributed by atoms with E-state index in [-0.39, 0.29) is 17.5 Å². The van der Waals surface area contributed by atoms with Crippen LogP contribution in [0.3, 0.4) is 0 Å². The van der Waals surface area contributed by atoms with E-state index < -0.39 is 5.51 Å². The summed E-state index contributed by atoms with van der Waals surface area (Å²) in [6.45, 7) is 1.51. The summed E-state index contributed by atoms with van der Waals surface area (Å²) in [7, 11) is 0. The summed E-state index contributed by atoms with van der Waals surface area (Å²) in [5.41, 5.74) is -4.08. The SMILES string of the molecule is FC(F)(F)SCCN1CCCCC1CCBr. The largest absolute Gasteiger partial charge is 0.441 e. The Kier molecular flexibility index (Phi) is 6.51. The number of thioether (sulfide) groups is 1. The van der Waals surface area contributed by atoms with Crippen LogP contribution in [0.2, 0.25) is 0 Å². The zero-order chi connectivity index (χ0) is 12.0. The first-order valence-electron chi connectivity index (χ1n) is 5.53. The highest BCUT2D eigenvalue weighted by Crippen LogP contribution is 2.30. The zero-order valence-electron chi connectivity index (χ0n) is 9.10. The van der Waals surface area contributed by atoms with Gasteiger partial charge in [0.25, 0.3) is 0 Å². The van der Waals surface area contributed by atoms with Gasteiger partial charge in [-0.15, -0.1) is 0 Å². The number of hydrogen-bond donors (Lipinski definition) is 0. The minimum Gasteiger partial charge on any atom is -0.300 e. The summed E-state index contributed by atoms with van der Waals surface area (Å²) in [4.78, 5) is 2.21. The molecule has 1 aliphatic rings. The molecule has 16 heavy (non-hydrogen) atoms. The molecule has 1 saturated heterocycles. The Morgan fingerprint density at radius 2 is 2.06 bits per heavy atom. The average Bonchev–Trinajstić information content (AvgIpc) is 2.19. The Morgan fingerprint density at radius 1 is 1.31 bits per heavy atom. The highest BCUT2D eigenvalue weighted by atomic mass is 79.9. The van der Waals surface area contributed by atoms with Crippen molar-refractivity contribution in [3.05, 3.63) is 0 Å². The molecule has 0 aromatic rings. The summed E-state index contributed by atoms with van der Waals surface area (Å²) in [5, 5.41) is 0.931. The number of alkyl halides is 4. The van der Waals surface area contributed by atoms with E-state index in [2.05, 4.69) is 20.8 Å². The van der Waals surface area contributed by atoms with Crippen LogP contribution in [0.1, 0.15) is 25.7 Å². The van der Waals surface area contributed by atoms with Gasteiger partial charge >= 0.3 is 5.51 Å². The minimum atomic E-state index is -4.08. The van der Waals surface area contributed by atoms with E-state index in [9.17, 15) is 13.2 Å². The van der Waals surface area contributed by atoms with Gasteiger partial charge in [0.05, 0.1) is 0 Å². The van der Waals surface area contributed by atoms with Crippen molar-refractivity contribution in [3.8, 4) is 0 Å². The number of halogens is 4. The van der Waals surface area contributed by atoms with E-state index in [0.29, 0.717) is 12.6 Å². The molecule has 1 nitrogen and oxygen atoms in total. The van der Waals surface area contributed by atoms with Crippen molar-refractivity contribution < 1.29 is 13.2 Å². The first-order chi connectivity index (χ1) is 7.53. The second-order valence-electron chi connectivity index (χ2n) is 3.96. The van der Waals surface area contributed by atoms with Gasteiger partial charge in [-0.2, -0.15) is 13.2 Å². The topological polar surface area (TPSA) is 3.24 Å². The number of nitrogens with zero attached hydrogens (tertiary/aromatic N) is 1. The smallest absolute Gasteiger partial charge is 0.300 e. The van der Waals surface area contributed by atoms with Crippen molar-refractivity contribution in [1.29, 1.82) is 0 Å². The third-order valence-electron chi connectivity index (χ3n) is 2.84. The van der Waals surface area contributed by atoms with Gasteiger partial charge in [0.1, 0.15) is 0 Å². The molecule has 6 heteroatoms. The highest BCUT2D eigenvalue weighted by molar-refractivity contribution is 9.09. The fourth-order valence-corrected chi connectivity index (χ4v) is 3.17. The van der Waals surface area contributed by atoms with E-state index in [1.165, 1.54) is 6.42 Å². The molecule has 0 aliphatic carbocycles. The number of likely N-dealkylation sites (tertiary alicyclic amines) is 1. The molecule has 0 spiro atoms. The lowest BCUT2D eigenvalue weighted by molar-refractivity contribution is -0.0329. The van der Waals surface area contributed by atoms with Gasteiger partial charge in [-0.05, 0) is 37.6 Å². The van der Waals surface area contributed by atoms with Gasteiger partial charge in [0, 0.05) is 23.7 Å². The lowest BCUT2D eigenvalue weighted by Gasteiger charge is -2.35. The zero-order valence-corrected chi connectivity index (χ0v) is 11.5. The molecule has 0 aromatic heterocycles. The van der Waals surface area contributed by atoms with Gasteiger partial charge in [-0.1, -0.05) is 22.4 Å². The number of piperidine rings is 1. The lowest BCUT2D eigenvalue weighted by atomic mass is 10.0. The Bertz CT molecular complexity index is 199. The fourth-order valence-electron chi connectivity index (χ4n) is 2.09. The highest BCUT2D eigenvalue weighted by Gasteiger charge is 2.29. The van der Waals surface area contributed by atoms with Crippen molar-refractivity contribution in [1.82, 2.24) is 4.90 Å². The van der Waals surface area contributed by atoms with Crippen LogP contribution in [-0.4, -0.2) is 40.6 Å². The predicted molar refractivity (Wildman–Crippen MR) is 66.1 cm³/mol. The number of rotatable bonds is 5. The molecule has 1 fully saturated rings. The van der Waals surface area contributed by atoms with Crippen LogP contribution in [0.5, 0.6) is 0 Å². The van der Waals surface area contributed by atoms with Gasteiger partial charge < -0.3 is 0 Å². The van der Waals surface area contributed by atoms with Crippen molar-refractivity contribution >= 4 is 27.7 Å². The van der Waals surface area contributed by atoms with Crippen LogP contribution < -0.4 is 0 Å². The van der Waals surface area contributed by atoms with Crippen molar-refractivity contribution in [3.63, 3.8) is 0 Å². The number of hydrogen-bond acceptors (Lipinski definition) is 2. The van der Waals surface area contributed by atoms with Crippen molar-refractivity contribution in [2.75, 3.05) is 24.2 Å². The Hall–Kier alpha value is 0.580. The molecule has 0 N–H and O–H groups in total. The van der Waals surface area contributed by atoms with E-state index in [1.54, 1.807) is 0 Å². The molecule has 0 aromatic carbocycles. The molecule has 96 valence electrons. The molecule has 0 radical (unpaired) electrons.